The van der Waals surface area contributed by atoms with Crippen molar-refractivity contribution in [2.75, 3.05) is 13.1 Å². The van der Waals surface area contributed by atoms with Crippen molar-refractivity contribution in [1.82, 2.24) is 10.2 Å². The monoisotopic (exact) mass is 193 g/mol. The number of nitrogens with zero attached hydrogens (tertiary/aromatic N) is 2. The molecular weight excluding hydrogens is 174 g/mol. The molecule has 0 aromatic carbocycles. The first kappa shape index (κ1) is 9.95. The summed E-state index contributed by atoms with van der Waals surface area (Å²) in [6.45, 7) is 4.46. The molecule has 0 spiro atoms. The van der Waals surface area contributed by atoms with Crippen molar-refractivity contribution in [3.05, 3.63) is 0 Å². The number of hydrogen-bond donors (Lipinski definition) is 1. The summed E-state index contributed by atoms with van der Waals surface area (Å²) in [6.07, 6.45) is 4.58. The number of rotatable bonds is 2. The second-order valence-corrected chi connectivity index (χ2v) is 4.54. The zero-order chi connectivity index (χ0) is 9.97. The minimum atomic E-state index is 0.442. The van der Waals surface area contributed by atoms with E-state index in [1.165, 1.54) is 19.3 Å². The summed E-state index contributed by atoms with van der Waals surface area (Å²) in [6, 6.07) is 4.15. The van der Waals surface area contributed by atoms with Gasteiger partial charge in [-0.05, 0) is 32.7 Å². The van der Waals surface area contributed by atoms with Gasteiger partial charge in [0.05, 0.1) is 12.5 Å². The fourth-order valence-electron chi connectivity index (χ4n) is 2.98. The summed E-state index contributed by atoms with van der Waals surface area (Å²) in [5.74, 6) is 0. The Morgan fingerprint density at radius 2 is 2.21 bits per heavy atom. The van der Waals surface area contributed by atoms with Crippen LogP contribution in [-0.4, -0.2) is 36.1 Å². The Morgan fingerprint density at radius 3 is 3.00 bits per heavy atom. The molecule has 2 saturated heterocycles. The number of hydrogen-bond acceptors (Lipinski definition) is 3. The van der Waals surface area contributed by atoms with Crippen molar-refractivity contribution in [3.63, 3.8) is 0 Å². The molecular formula is C11H19N3. The lowest BCUT2D eigenvalue weighted by Gasteiger charge is -2.32. The zero-order valence-electron chi connectivity index (χ0n) is 8.87. The van der Waals surface area contributed by atoms with E-state index in [-0.39, 0.29) is 0 Å². The van der Waals surface area contributed by atoms with Crippen LogP contribution in [0, 0.1) is 11.3 Å². The highest BCUT2D eigenvalue weighted by atomic mass is 15.3. The molecule has 2 heterocycles. The molecule has 0 radical (unpaired) electrons. The van der Waals surface area contributed by atoms with Crippen molar-refractivity contribution in [3.8, 4) is 6.07 Å². The smallest absolute Gasteiger partial charge is 0.0638 e. The fraction of sp³-hybridized carbons (Fsp3) is 0.909. The van der Waals surface area contributed by atoms with Crippen LogP contribution in [0.15, 0.2) is 0 Å². The predicted molar refractivity (Wildman–Crippen MR) is 55.8 cm³/mol. The molecule has 2 aliphatic rings. The minimum Gasteiger partial charge on any atom is -0.315 e. The summed E-state index contributed by atoms with van der Waals surface area (Å²) < 4.78 is 0. The first-order valence-corrected chi connectivity index (χ1v) is 5.68. The van der Waals surface area contributed by atoms with Crippen LogP contribution in [-0.2, 0) is 0 Å². The van der Waals surface area contributed by atoms with Gasteiger partial charge in [-0.25, -0.2) is 0 Å². The molecule has 1 N–H and O–H groups in total. The quantitative estimate of drug-likeness (QED) is 0.714. The fourth-order valence-corrected chi connectivity index (χ4v) is 2.98. The van der Waals surface area contributed by atoms with Crippen LogP contribution in [0.5, 0.6) is 0 Å². The van der Waals surface area contributed by atoms with Crippen molar-refractivity contribution >= 4 is 0 Å². The molecule has 3 nitrogen and oxygen atoms in total. The molecule has 14 heavy (non-hydrogen) atoms. The molecule has 0 aromatic heterocycles. The van der Waals surface area contributed by atoms with Crippen molar-refractivity contribution < 1.29 is 0 Å². The molecule has 2 bridgehead atoms. The SMILES string of the molecule is CC(CC#N)N1C2CCNCC1CC2. The minimum absolute atomic E-state index is 0.442. The molecule has 0 aliphatic carbocycles. The van der Waals surface area contributed by atoms with Crippen molar-refractivity contribution in [2.45, 2.75) is 50.7 Å². The lowest BCUT2D eigenvalue weighted by Crippen LogP contribution is -2.43. The maximum absolute atomic E-state index is 8.74. The van der Waals surface area contributed by atoms with Gasteiger partial charge in [-0.3, -0.25) is 4.90 Å². The van der Waals surface area contributed by atoms with E-state index in [0.717, 1.165) is 19.1 Å². The molecule has 2 fully saturated rings. The van der Waals surface area contributed by atoms with Gasteiger partial charge in [0, 0.05) is 24.7 Å². The van der Waals surface area contributed by atoms with Crippen molar-refractivity contribution in [2.24, 2.45) is 0 Å². The van der Waals surface area contributed by atoms with E-state index in [4.69, 9.17) is 5.26 Å². The van der Waals surface area contributed by atoms with Crippen LogP contribution < -0.4 is 5.32 Å². The van der Waals surface area contributed by atoms with Crippen LogP contribution >= 0.6 is 0 Å². The van der Waals surface area contributed by atoms with Crippen LogP contribution in [0.1, 0.15) is 32.6 Å². The summed E-state index contributed by atoms with van der Waals surface area (Å²) >= 11 is 0. The molecule has 3 heteroatoms. The Morgan fingerprint density at radius 1 is 1.43 bits per heavy atom. The van der Waals surface area contributed by atoms with Crippen molar-refractivity contribution in [1.29, 1.82) is 5.26 Å². The van der Waals surface area contributed by atoms with Gasteiger partial charge in [0.25, 0.3) is 0 Å². The Bertz CT molecular complexity index is 219. The van der Waals surface area contributed by atoms with Crippen LogP contribution in [0.4, 0.5) is 0 Å². The Hall–Kier alpha value is -0.590. The van der Waals surface area contributed by atoms with E-state index >= 15 is 0 Å². The molecule has 3 unspecified atom stereocenters. The normalized spacial score (nSPS) is 34.9. The van der Waals surface area contributed by atoms with Gasteiger partial charge in [0.2, 0.25) is 0 Å². The Balaban J connectivity index is 2.05. The van der Waals surface area contributed by atoms with E-state index in [2.05, 4.69) is 23.2 Å². The van der Waals surface area contributed by atoms with E-state index in [1.54, 1.807) is 0 Å². The second-order valence-electron chi connectivity index (χ2n) is 4.54. The summed E-state index contributed by atoms with van der Waals surface area (Å²) in [4.78, 5) is 2.59. The first-order chi connectivity index (χ1) is 6.83. The maximum atomic E-state index is 8.74. The van der Waals surface area contributed by atoms with E-state index in [9.17, 15) is 0 Å². The third-order valence-electron chi connectivity index (χ3n) is 3.61. The third-order valence-corrected chi connectivity index (χ3v) is 3.61. The zero-order valence-corrected chi connectivity index (χ0v) is 8.87. The molecule has 0 amide bonds. The standard InChI is InChI=1S/C11H19N3/c1-9(4-6-12)14-10-2-3-11(14)8-13-7-5-10/h9-11,13H,2-5,7-8H2,1H3. The highest BCUT2D eigenvalue weighted by molar-refractivity contribution is 4.96. The summed E-state index contributed by atoms with van der Waals surface area (Å²) in [7, 11) is 0. The van der Waals surface area contributed by atoms with Gasteiger partial charge >= 0.3 is 0 Å². The largest absolute Gasteiger partial charge is 0.315 e. The number of nitrogens with one attached hydrogen (secondary N) is 1. The van der Waals surface area contributed by atoms with Crippen LogP contribution in [0.25, 0.3) is 0 Å². The van der Waals surface area contributed by atoms with E-state index in [1.807, 2.05) is 0 Å². The first-order valence-electron chi connectivity index (χ1n) is 5.68. The van der Waals surface area contributed by atoms with Gasteiger partial charge in [0.1, 0.15) is 0 Å². The van der Waals surface area contributed by atoms with E-state index in [0.29, 0.717) is 18.5 Å². The lowest BCUT2D eigenvalue weighted by atomic mass is 10.1. The second kappa shape index (κ2) is 4.29. The van der Waals surface area contributed by atoms with E-state index < -0.39 is 0 Å². The summed E-state index contributed by atoms with van der Waals surface area (Å²) in [5.41, 5.74) is 0. The predicted octanol–water partition coefficient (Wildman–Crippen LogP) is 1.11. The highest BCUT2D eigenvalue weighted by Gasteiger charge is 2.37. The molecule has 2 rings (SSSR count). The molecule has 0 aromatic rings. The van der Waals surface area contributed by atoms with Gasteiger partial charge in [-0.1, -0.05) is 0 Å². The van der Waals surface area contributed by atoms with Gasteiger partial charge < -0.3 is 5.32 Å². The topological polar surface area (TPSA) is 39.1 Å². The average Bonchev–Trinajstić information content (AvgIpc) is 2.40. The molecule has 2 aliphatic heterocycles. The van der Waals surface area contributed by atoms with Crippen LogP contribution in [0.3, 0.4) is 0 Å². The number of fused-ring (bicyclic) bond motifs is 2. The van der Waals surface area contributed by atoms with Crippen LogP contribution in [0.2, 0.25) is 0 Å². The van der Waals surface area contributed by atoms with Gasteiger partial charge in [-0.2, -0.15) is 5.26 Å². The molecule has 3 atom stereocenters. The average molecular weight is 193 g/mol. The highest BCUT2D eigenvalue weighted by Crippen LogP contribution is 2.30. The Kier molecular flexibility index (Phi) is 3.05. The number of nitriles is 1. The van der Waals surface area contributed by atoms with Gasteiger partial charge in [-0.15, -0.1) is 0 Å². The lowest BCUT2D eigenvalue weighted by molar-refractivity contribution is 0.148. The van der Waals surface area contributed by atoms with Gasteiger partial charge in [0.15, 0.2) is 0 Å². The molecule has 0 saturated carbocycles. The third kappa shape index (κ3) is 1.77. The Labute approximate surface area is 86.1 Å². The molecule has 78 valence electrons. The summed E-state index contributed by atoms with van der Waals surface area (Å²) in [5, 5.41) is 12.2. The maximum Gasteiger partial charge on any atom is 0.0638 e.